The summed E-state index contributed by atoms with van der Waals surface area (Å²) in [7, 11) is -4.54. The van der Waals surface area contributed by atoms with Gasteiger partial charge in [-0.25, -0.2) is 13.2 Å². The fraction of sp³-hybridized carbons (Fsp3) is 0.467. The Balaban J connectivity index is 2.77. The number of carboxylic acids is 1. The van der Waals surface area contributed by atoms with Gasteiger partial charge in [0.2, 0.25) is 9.84 Å². The molecule has 2 N–H and O–H groups in total. The van der Waals surface area contributed by atoms with Gasteiger partial charge in [0, 0.05) is 5.56 Å². The summed E-state index contributed by atoms with van der Waals surface area (Å²) in [5.74, 6) is -6.06. The number of nitrogens with one attached hydrogen (secondary N) is 1. The van der Waals surface area contributed by atoms with E-state index < -0.39 is 39.3 Å². The lowest BCUT2D eigenvalue weighted by molar-refractivity contribution is -0.139. The number of alkyl halides is 2. The third-order valence-corrected chi connectivity index (χ3v) is 4.58. The fourth-order valence-corrected chi connectivity index (χ4v) is 2.74. The van der Waals surface area contributed by atoms with Crippen LogP contribution in [-0.4, -0.2) is 37.2 Å². The van der Waals surface area contributed by atoms with Crippen LogP contribution in [0.25, 0.3) is 0 Å². The molecular formula is C15H19F2NO5S. The third kappa shape index (κ3) is 5.88. The zero-order valence-corrected chi connectivity index (χ0v) is 13.9. The summed E-state index contributed by atoms with van der Waals surface area (Å²) in [5, 5.41) is 11.4. The topological polar surface area (TPSA) is 101 Å². The molecule has 0 aliphatic rings. The number of carbonyl (C=O) groups is 2. The molecule has 1 aromatic carbocycles. The second kappa shape index (κ2) is 8.72. The largest absolute Gasteiger partial charge is 0.480 e. The number of amides is 1. The number of carbonyl (C=O) groups excluding carboxylic acids is 1. The van der Waals surface area contributed by atoms with Crippen molar-refractivity contribution in [3.8, 4) is 0 Å². The van der Waals surface area contributed by atoms with Gasteiger partial charge in [-0.3, -0.25) is 4.79 Å². The van der Waals surface area contributed by atoms with Crippen LogP contribution in [0.1, 0.15) is 42.1 Å². The smallest absolute Gasteiger partial charge is 0.337 e. The van der Waals surface area contributed by atoms with Crippen LogP contribution in [0.2, 0.25) is 0 Å². The number of benzene rings is 1. The predicted octanol–water partition coefficient (Wildman–Crippen LogP) is 2.20. The summed E-state index contributed by atoms with van der Waals surface area (Å²) in [6, 6.07) is 4.01. The molecule has 0 aromatic heterocycles. The molecule has 134 valence electrons. The molecule has 24 heavy (non-hydrogen) atoms. The van der Waals surface area contributed by atoms with Crippen molar-refractivity contribution in [1.29, 1.82) is 0 Å². The Morgan fingerprint density at radius 3 is 2.25 bits per heavy atom. The number of unbranched alkanes of at least 4 members (excludes halogenated alkanes) is 1. The average molecular weight is 363 g/mol. The summed E-state index contributed by atoms with van der Waals surface area (Å²) in [5.41, 5.74) is 0.239. The number of rotatable bonds is 9. The van der Waals surface area contributed by atoms with Crippen LogP contribution in [-0.2, 0) is 20.4 Å². The van der Waals surface area contributed by atoms with Gasteiger partial charge in [-0.1, -0.05) is 31.9 Å². The summed E-state index contributed by atoms with van der Waals surface area (Å²) in [6.45, 7) is 1.90. The minimum absolute atomic E-state index is 0.118. The van der Waals surface area contributed by atoms with Gasteiger partial charge in [0.15, 0.2) is 0 Å². The van der Waals surface area contributed by atoms with E-state index in [4.69, 9.17) is 5.11 Å². The van der Waals surface area contributed by atoms with Crippen molar-refractivity contribution < 1.29 is 31.9 Å². The Hall–Kier alpha value is -2.03. The second-order valence-electron chi connectivity index (χ2n) is 5.27. The molecular weight excluding hydrogens is 344 g/mol. The van der Waals surface area contributed by atoms with E-state index in [1.54, 1.807) is 0 Å². The predicted molar refractivity (Wildman–Crippen MR) is 83.5 cm³/mol. The lowest BCUT2D eigenvalue weighted by Gasteiger charge is -2.14. The molecule has 1 amide bonds. The van der Waals surface area contributed by atoms with E-state index in [1.165, 1.54) is 24.3 Å². The van der Waals surface area contributed by atoms with E-state index in [-0.39, 0.29) is 11.1 Å². The number of carboxylic acid groups (broad SMARTS) is 1. The summed E-state index contributed by atoms with van der Waals surface area (Å²) in [6.07, 6.45) is 1.72. The Morgan fingerprint density at radius 1 is 1.21 bits per heavy atom. The summed E-state index contributed by atoms with van der Waals surface area (Å²) >= 11 is 0. The van der Waals surface area contributed by atoms with E-state index in [9.17, 15) is 26.8 Å². The minimum Gasteiger partial charge on any atom is -0.480 e. The lowest BCUT2D eigenvalue weighted by atomic mass is 10.1. The van der Waals surface area contributed by atoms with Crippen molar-refractivity contribution in [3.05, 3.63) is 35.4 Å². The highest BCUT2D eigenvalue weighted by Gasteiger charge is 2.24. The molecule has 1 atom stereocenters. The maximum Gasteiger partial charge on any atom is 0.337 e. The molecule has 0 aliphatic carbocycles. The number of halogens is 2. The molecule has 1 unspecified atom stereocenters. The zero-order chi connectivity index (χ0) is 18.3. The number of hydrogen-bond acceptors (Lipinski definition) is 4. The first kappa shape index (κ1) is 20.0. The SMILES string of the molecule is CCCCC(NC(=O)c1ccc(CS(=O)(=O)C(F)F)cc1)C(=O)O. The highest BCUT2D eigenvalue weighted by Crippen LogP contribution is 2.14. The van der Waals surface area contributed by atoms with Crippen molar-refractivity contribution in [3.63, 3.8) is 0 Å². The van der Waals surface area contributed by atoms with Crippen molar-refractivity contribution >= 4 is 21.7 Å². The van der Waals surface area contributed by atoms with Crippen LogP contribution in [0.15, 0.2) is 24.3 Å². The van der Waals surface area contributed by atoms with Gasteiger partial charge in [-0.2, -0.15) is 8.78 Å². The molecule has 0 aliphatic heterocycles. The highest BCUT2D eigenvalue weighted by atomic mass is 32.2. The second-order valence-corrected chi connectivity index (χ2v) is 7.24. The molecule has 0 fully saturated rings. The van der Waals surface area contributed by atoms with Crippen LogP contribution >= 0.6 is 0 Å². The van der Waals surface area contributed by atoms with E-state index in [2.05, 4.69) is 5.32 Å². The van der Waals surface area contributed by atoms with E-state index in [0.717, 1.165) is 6.42 Å². The standard InChI is InChI=1S/C15H19F2NO5S/c1-2-3-4-12(14(20)21)18-13(19)11-7-5-10(6-8-11)9-24(22,23)15(16)17/h5-8,12,15H,2-4,9H2,1H3,(H,18,19)(H,20,21). The maximum atomic E-state index is 12.3. The van der Waals surface area contributed by atoms with Crippen molar-refractivity contribution in [2.75, 3.05) is 0 Å². The summed E-state index contributed by atoms with van der Waals surface area (Å²) in [4.78, 5) is 23.1. The Morgan fingerprint density at radius 2 is 1.79 bits per heavy atom. The molecule has 1 aromatic rings. The van der Waals surface area contributed by atoms with Crippen molar-refractivity contribution in [1.82, 2.24) is 5.32 Å². The highest BCUT2D eigenvalue weighted by molar-refractivity contribution is 7.90. The maximum absolute atomic E-state index is 12.3. The van der Waals surface area contributed by atoms with E-state index >= 15 is 0 Å². The quantitative estimate of drug-likeness (QED) is 0.700. The number of aliphatic carboxylic acids is 1. The van der Waals surface area contributed by atoms with E-state index in [1.807, 2.05) is 6.92 Å². The average Bonchev–Trinajstić information content (AvgIpc) is 2.51. The third-order valence-electron chi connectivity index (χ3n) is 3.31. The van der Waals surface area contributed by atoms with Gasteiger partial charge in [-0.15, -0.1) is 0 Å². The van der Waals surface area contributed by atoms with Gasteiger partial charge < -0.3 is 10.4 Å². The Labute approximate surface area is 138 Å². The van der Waals surface area contributed by atoms with Crippen LogP contribution < -0.4 is 5.32 Å². The van der Waals surface area contributed by atoms with Crippen molar-refractivity contribution in [2.45, 2.75) is 43.7 Å². The normalized spacial score (nSPS) is 12.8. The first-order valence-electron chi connectivity index (χ1n) is 7.29. The van der Waals surface area contributed by atoms with Crippen LogP contribution in [0.5, 0.6) is 0 Å². The van der Waals surface area contributed by atoms with Crippen LogP contribution in [0, 0.1) is 0 Å². The fourth-order valence-electron chi connectivity index (χ4n) is 1.95. The van der Waals surface area contributed by atoms with E-state index in [0.29, 0.717) is 12.8 Å². The Bertz CT molecular complexity index is 674. The van der Waals surface area contributed by atoms with Crippen LogP contribution in [0.4, 0.5) is 8.78 Å². The number of hydrogen-bond donors (Lipinski definition) is 2. The molecule has 0 saturated carbocycles. The summed E-state index contributed by atoms with van der Waals surface area (Å²) < 4.78 is 46.9. The van der Waals surface area contributed by atoms with Gasteiger partial charge in [0.05, 0.1) is 5.75 Å². The molecule has 1 rings (SSSR count). The minimum atomic E-state index is -4.54. The zero-order valence-electron chi connectivity index (χ0n) is 13.0. The first-order valence-corrected chi connectivity index (χ1v) is 9.01. The van der Waals surface area contributed by atoms with Gasteiger partial charge in [0.1, 0.15) is 6.04 Å². The molecule has 0 heterocycles. The van der Waals surface area contributed by atoms with Crippen LogP contribution in [0.3, 0.4) is 0 Å². The molecule has 0 saturated heterocycles. The molecule has 0 radical (unpaired) electrons. The molecule has 0 spiro atoms. The molecule has 9 heteroatoms. The van der Waals surface area contributed by atoms with Crippen molar-refractivity contribution in [2.24, 2.45) is 0 Å². The van der Waals surface area contributed by atoms with Gasteiger partial charge in [0.25, 0.3) is 5.91 Å². The lowest BCUT2D eigenvalue weighted by Crippen LogP contribution is -2.40. The monoisotopic (exact) mass is 363 g/mol. The van der Waals surface area contributed by atoms with Gasteiger partial charge in [-0.05, 0) is 24.1 Å². The van der Waals surface area contributed by atoms with Gasteiger partial charge >= 0.3 is 11.7 Å². The first-order chi connectivity index (χ1) is 11.2. The molecule has 0 bridgehead atoms. The molecule has 6 nitrogen and oxygen atoms in total. The Kier molecular flexibility index (Phi) is 7.27. The number of sulfone groups is 1.